The number of aliphatic imine (C=N–C) groups is 1. The molecule has 0 aliphatic heterocycles. The average molecular weight is 546 g/mol. The number of ether oxygens (including phenoxy) is 1. The smallest absolute Gasteiger partial charge is 0.238 e. The van der Waals surface area contributed by atoms with Crippen LogP contribution in [-0.4, -0.2) is 34.6 Å². The second kappa shape index (κ2) is 12.8. The summed E-state index contributed by atoms with van der Waals surface area (Å²) in [6.07, 6.45) is 0.958. The number of nitrogens with zero attached hydrogens (tertiary/aromatic N) is 1. The molecular weight excluding hydrogens is 515 g/mol. The fourth-order valence-electron chi connectivity index (χ4n) is 2.80. The maximum Gasteiger partial charge on any atom is 0.238 e. The maximum absolute atomic E-state index is 11.3. The summed E-state index contributed by atoms with van der Waals surface area (Å²) in [6, 6.07) is 14.6. The Balaban J connectivity index is 0.00000450. The van der Waals surface area contributed by atoms with E-state index in [1.165, 1.54) is 17.7 Å². The second-order valence-electron chi connectivity index (χ2n) is 6.77. The van der Waals surface area contributed by atoms with Crippen molar-refractivity contribution in [1.29, 1.82) is 0 Å². The van der Waals surface area contributed by atoms with Gasteiger partial charge in [-0.2, -0.15) is 0 Å². The van der Waals surface area contributed by atoms with Gasteiger partial charge in [0.05, 0.1) is 18.6 Å². The second-order valence-corrected chi connectivity index (χ2v) is 8.34. The number of benzene rings is 2. The van der Waals surface area contributed by atoms with Crippen molar-refractivity contribution >= 4 is 40.0 Å². The molecule has 2 rings (SSSR count). The van der Waals surface area contributed by atoms with Crippen LogP contribution in [0.3, 0.4) is 0 Å². The van der Waals surface area contributed by atoms with Crippen LogP contribution in [0.15, 0.2) is 58.4 Å². The van der Waals surface area contributed by atoms with Crippen molar-refractivity contribution in [3.63, 3.8) is 0 Å². The molecule has 4 N–H and O–H groups in total. The van der Waals surface area contributed by atoms with Crippen LogP contribution in [0, 0.1) is 0 Å². The van der Waals surface area contributed by atoms with Gasteiger partial charge in [0, 0.05) is 13.1 Å². The molecule has 7 nitrogen and oxygen atoms in total. The highest BCUT2D eigenvalue weighted by atomic mass is 127. The Bertz CT molecular complexity index is 901. The minimum Gasteiger partial charge on any atom is -0.497 e. The molecule has 0 aromatic heterocycles. The summed E-state index contributed by atoms with van der Waals surface area (Å²) in [6.45, 7) is 6.18. The van der Waals surface area contributed by atoms with Gasteiger partial charge in [-0.05, 0) is 54.7 Å². The fraction of sp³-hybridized carbons (Fsp3) is 0.381. The van der Waals surface area contributed by atoms with E-state index in [1.807, 2.05) is 19.1 Å². The molecule has 0 saturated carbocycles. The monoisotopic (exact) mass is 546 g/mol. The van der Waals surface area contributed by atoms with Crippen LogP contribution in [0.1, 0.15) is 37.3 Å². The summed E-state index contributed by atoms with van der Waals surface area (Å²) in [4.78, 5) is 4.66. The summed E-state index contributed by atoms with van der Waals surface area (Å²) < 4.78 is 27.9. The molecule has 1 unspecified atom stereocenters. The molecule has 30 heavy (non-hydrogen) atoms. The lowest BCUT2D eigenvalue weighted by Crippen LogP contribution is -2.38. The number of nitrogens with two attached hydrogens (primary N) is 1. The van der Waals surface area contributed by atoms with E-state index < -0.39 is 10.0 Å². The van der Waals surface area contributed by atoms with E-state index in [-0.39, 0.29) is 28.9 Å². The molecule has 0 fully saturated rings. The Labute approximate surface area is 196 Å². The van der Waals surface area contributed by atoms with Crippen LogP contribution >= 0.6 is 24.0 Å². The Hall–Kier alpha value is -1.85. The molecular formula is C21H31IN4O3S. The number of hydrogen-bond donors (Lipinski definition) is 3. The van der Waals surface area contributed by atoms with Crippen LogP contribution in [0.5, 0.6) is 5.75 Å². The van der Waals surface area contributed by atoms with Gasteiger partial charge >= 0.3 is 0 Å². The van der Waals surface area contributed by atoms with Crippen molar-refractivity contribution in [1.82, 2.24) is 10.6 Å². The fourth-order valence-corrected chi connectivity index (χ4v) is 3.32. The number of nitrogens with one attached hydrogen (secondary N) is 2. The van der Waals surface area contributed by atoms with E-state index in [1.54, 1.807) is 19.2 Å². The quantitative estimate of drug-likeness (QED) is 0.255. The van der Waals surface area contributed by atoms with Gasteiger partial charge in [-0.3, -0.25) is 0 Å². The summed E-state index contributed by atoms with van der Waals surface area (Å²) in [7, 11) is -2.01. The lowest BCUT2D eigenvalue weighted by Gasteiger charge is -2.15. The SMILES string of the molecule is CCNC(=NCc1ccc(S(N)(=O)=O)cc1)NCCC(C)c1ccc(OC)cc1.I. The number of guanidine groups is 1. The molecule has 2 aromatic carbocycles. The van der Waals surface area contributed by atoms with Crippen LogP contribution in [0.4, 0.5) is 0 Å². The lowest BCUT2D eigenvalue weighted by molar-refractivity contribution is 0.414. The summed E-state index contributed by atoms with van der Waals surface area (Å²) >= 11 is 0. The largest absolute Gasteiger partial charge is 0.497 e. The van der Waals surface area contributed by atoms with Gasteiger partial charge in [-0.1, -0.05) is 31.2 Å². The molecule has 9 heteroatoms. The highest BCUT2D eigenvalue weighted by Gasteiger charge is 2.08. The first-order valence-corrected chi connectivity index (χ1v) is 11.2. The predicted octanol–water partition coefficient (Wildman–Crippen LogP) is 3.21. The number of halogens is 1. The molecule has 0 saturated heterocycles. The van der Waals surface area contributed by atoms with Crippen LogP contribution < -0.4 is 20.5 Å². The number of hydrogen-bond acceptors (Lipinski definition) is 4. The number of methoxy groups -OCH3 is 1. The van der Waals surface area contributed by atoms with Crippen molar-refractivity contribution in [2.45, 2.75) is 37.6 Å². The van der Waals surface area contributed by atoms with E-state index in [4.69, 9.17) is 9.88 Å². The van der Waals surface area contributed by atoms with E-state index in [0.717, 1.165) is 36.8 Å². The molecule has 0 heterocycles. The number of rotatable bonds is 9. The number of sulfonamides is 1. The summed E-state index contributed by atoms with van der Waals surface area (Å²) in [5.41, 5.74) is 2.17. The van der Waals surface area contributed by atoms with Gasteiger partial charge in [0.15, 0.2) is 5.96 Å². The minimum atomic E-state index is -3.67. The van der Waals surface area contributed by atoms with Gasteiger partial charge in [0.2, 0.25) is 10.0 Å². The zero-order valence-corrected chi connectivity index (χ0v) is 20.7. The Morgan fingerprint density at radius 1 is 1.10 bits per heavy atom. The first-order chi connectivity index (χ1) is 13.8. The molecule has 1 atom stereocenters. The third kappa shape index (κ3) is 8.49. The highest BCUT2D eigenvalue weighted by Crippen LogP contribution is 2.21. The van der Waals surface area contributed by atoms with Crippen molar-refractivity contribution in [2.24, 2.45) is 10.1 Å². The van der Waals surface area contributed by atoms with Crippen molar-refractivity contribution < 1.29 is 13.2 Å². The van der Waals surface area contributed by atoms with Gasteiger partial charge in [-0.25, -0.2) is 18.5 Å². The van der Waals surface area contributed by atoms with Crippen LogP contribution in [-0.2, 0) is 16.6 Å². The van der Waals surface area contributed by atoms with Gasteiger partial charge in [0.1, 0.15) is 5.75 Å². The van der Waals surface area contributed by atoms with Gasteiger partial charge in [-0.15, -0.1) is 24.0 Å². The van der Waals surface area contributed by atoms with E-state index in [2.05, 4.69) is 34.7 Å². The standard InChI is InChI=1S/C21H30N4O3S.HI/c1-4-23-21(25-15-17-5-11-20(12-6-17)29(22,26)27)24-14-13-16(2)18-7-9-19(28-3)10-8-18;/h5-12,16H,4,13-15H2,1-3H3,(H2,22,26,27)(H2,23,24,25);1H. The zero-order chi connectivity index (χ0) is 21.3. The van der Waals surface area contributed by atoms with E-state index in [9.17, 15) is 8.42 Å². The van der Waals surface area contributed by atoms with Crippen molar-refractivity contribution in [3.05, 3.63) is 59.7 Å². The van der Waals surface area contributed by atoms with Crippen LogP contribution in [0.25, 0.3) is 0 Å². The highest BCUT2D eigenvalue weighted by molar-refractivity contribution is 14.0. The minimum absolute atomic E-state index is 0. The van der Waals surface area contributed by atoms with E-state index >= 15 is 0 Å². The first-order valence-electron chi connectivity index (χ1n) is 9.61. The van der Waals surface area contributed by atoms with Crippen molar-refractivity contribution in [2.75, 3.05) is 20.2 Å². The maximum atomic E-state index is 11.3. The third-order valence-electron chi connectivity index (χ3n) is 4.57. The van der Waals surface area contributed by atoms with Gasteiger partial charge in [0.25, 0.3) is 0 Å². The molecule has 0 aliphatic carbocycles. The lowest BCUT2D eigenvalue weighted by atomic mass is 9.98. The molecule has 166 valence electrons. The normalized spacial score (nSPS) is 12.6. The Morgan fingerprint density at radius 3 is 2.27 bits per heavy atom. The van der Waals surface area contributed by atoms with Crippen molar-refractivity contribution in [3.8, 4) is 5.75 Å². The Morgan fingerprint density at radius 2 is 1.73 bits per heavy atom. The van der Waals surface area contributed by atoms with Gasteiger partial charge < -0.3 is 15.4 Å². The first kappa shape index (κ1) is 26.2. The topological polar surface area (TPSA) is 106 Å². The molecule has 0 aliphatic rings. The van der Waals surface area contributed by atoms with Crippen LogP contribution in [0.2, 0.25) is 0 Å². The predicted molar refractivity (Wildman–Crippen MR) is 132 cm³/mol. The Kier molecular flexibility index (Phi) is 11.1. The zero-order valence-electron chi connectivity index (χ0n) is 17.6. The summed E-state index contributed by atoms with van der Waals surface area (Å²) in [5.74, 6) is 1.99. The molecule has 2 aromatic rings. The third-order valence-corrected chi connectivity index (χ3v) is 5.50. The molecule has 0 spiro atoms. The number of primary sulfonamides is 1. The summed E-state index contributed by atoms with van der Waals surface area (Å²) in [5, 5.41) is 11.7. The molecule has 0 radical (unpaired) electrons. The average Bonchev–Trinajstić information content (AvgIpc) is 2.71. The van der Waals surface area contributed by atoms with E-state index in [0.29, 0.717) is 12.5 Å². The molecule has 0 bridgehead atoms. The molecule has 0 amide bonds.